The summed E-state index contributed by atoms with van der Waals surface area (Å²) in [6.45, 7) is 5.25. The SMILES string of the molecule is COc1cc2c(cc1OC)CN(CCNC(=O)CCc1ncc(-c3ccc(C)cc3)o1)CC2. The largest absolute Gasteiger partial charge is 0.493 e. The van der Waals surface area contributed by atoms with E-state index in [0.717, 1.165) is 48.9 Å². The molecule has 1 N–H and O–H groups in total. The third-order valence-electron chi connectivity index (χ3n) is 6.00. The van der Waals surface area contributed by atoms with E-state index in [1.165, 1.54) is 16.7 Å². The second-order valence-corrected chi connectivity index (χ2v) is 8.34. The standard InChI is InChI=1S/C26H31N3O4/c1-18-4-6-19(7-5-18)24-16-28-26(33-24)9-8-25(30)27-11-13-29-12-10-20-14-22(31-2)23(32-3)15-21(20)17-29/h4-7,14-16H,8-13,17H2,1-3H3,(H,27,30). The average molecular weight is 450 g/mol. The molecule has 4 rings (SSSR count). The Morgan fingerprint density at radius 3 is 2.58 bits per heavy atom. The molecule has 0 unspecified atom stereocenters. The summed E-state index contributed by atoms with van der Waals surface area (Å²) in [5.41, 5.74) is 4.73. The monoisotopic (exact) mass is 449 g/mol. The van der Waals surface area contributed by atoms with Gasteiger partial charge in [0.15, 0.2) is 23.1 Å². The fraction of sp³-hybridized carbons (Fsp3) is 0.385. The highest BCUT2D eigenvalue weighted by molar-refractivity contribution is 5.76. The number of rotatable bonds is 9. The number of carbonyl (C=O) groups excluding carboxylic acids is 1. The molecular formula is C26H31N3O4. The summed E-state index contributed by atoms with van der Waals surface area (Å²) in [5.74, 6) is 2.84. The van der Waals surface area contributed by atoms with Gasteiger partial charge in [-0.2, -0.15) is 0 Å². The molecule has 3 aromatic rings. The number of nitrogens with one attached hydrogen (secondary N) is 1. The number of methoxy groups -OCH3 is 2. The minimum absolute atomic E-state index is 0.00824. The first-order chi connectivity index (χ1) is 16.1. The van der Waals surface area contributed by atoms with Crippen LogP contribution in [0.5, 0.6) is 11.5 Å². The van der Waals surface area contributed by atoms with Gasteiger partial charge in [0.05, 0.1) is 20.4 Å². The molecule has 0 atom stereocenters. The number of amides is 1. The summed E-state index contributed by atoms with van der Waals surface area (Å²) >= 11 is 0. The van der Waals surface area contributed by atoms with Gasteiger partial charge < -0.3 is 19.2 Å². The van der Waals surface area contributed by atoms with Crippen molar-refractivity contribution in [1.82, 2.24) is 15.2 Å². The lowest BCUT2D eigenvalue weighted by molar-refractivity contribution is -0.121. The average Bonchev–Trinajstić information content (AvgIpc) is 3.31. The first kappa shape index (κ1) is 22.9. The lowest BCUT2D eigenvalue weighted by Crippen LogP contribution is -2.37. The van der Waals surface area contributed by atoms with Crippen LogP contribution in [0.1, 0.15) is 29.0 Å². The molecule has 0 radical (unpaired) electrons. The maximum absolute atomic E-state index is 12.3. The van der Waals surface area contributed by atoms with Crippen molar-refractivity contribution in [2.24, 2.45) is 0 Å². The third kappa shape index (κ3) is 5.73. The van der Waals surface area contributed by atoms with Crippen molar-refractivity contribution < 1.29 is 18.7 Å². The summed E-state index contributed by atoms with van der Waals surface area (Å²) in [5, 5.41) is 3.01. The van der Waals surface area contributed by atoms with Crippen LogP contribution in [-0.4, -0.2) is 49.6 Å². The van der Waals surface area contributed by atoms with Gasteiger partial charge in [0.25, 0.3) is 0 Å². The Morgan fingerprint density at radius 2 is 1.85 bits per heavy atom. The molecule has 2 heterocycles. The van der Waals surface area contributed by atoms with Crippen LogP contribution in [0.15, 0.2) is 47.0 Å². The van der Waals surface area contributed by atoms with Crippen LogP contribution >= 0.6 is 0 Å². The van der Waals surface area contributed by atoms with Crippen LogP contribution in [0.4, 0.5) is 0 Å². The number of benzene rings is 2. The Balaban J connectivity index is 1.21. The molecule has 0 aliphatic carbocycles. The molecule has 7 nitrogen and oxygen atoms in total. The maximum Gasteiger partial charge on any atom is 0.220 e. The molecule has 1 aliphatic heterocycles. The normalized spacial score (nSPS) is 13.4. The van der Waals surface area contributed by atoms with E-state index in [1.807, 2.05) is 31.2 Å². The first-order valence-electron chi connectivity index (χ1n) is 11.3. The van der Waals surface area contributed by atoms with Crippen molar-refractivity contribution in [3.63, 3.8) is 0 Å². The van der Waals surface area contributed by atoms with E-state index in [4.69, 9.17) is 13.9 Å². The minimum Gasteiger partial charge on any atom is -0.493 e. The van der Waals surface area contributed by atoms with E-state index < -0.39 is 0 Å². The van der Waals surface area contributed by atoms with Gasteiger partial charge in [-0.15, -0.1) is 0 Å². The Morgan fingerprint density at radius 1 is 1.12 bits per heavy atom. The van der Waals surface area contributed by atoms with Crippen LogP contribution < -0.4 is 14.8 Å². The van der Waals surface area contributed by atoms with Gasteiger partial charge in [-0.05, 0) is 36.6 Å². The van der Waals surface area contributed by atoms with Crippen molar-refractivity contribution in [1.29, 1.82) is 0 Å². The number of carbonyl (C=O) groups is 1. The van der Waals surface area contributed by atoms with Gasteiger partial charge in [-0.1, -0.05) is 29.8 Å². The Hall–Kier alpha value is -3.32. The van der Waals surface area contributed by atoms with Crippen LogP contribution in [0.25, 0.3) is 11.3 Å². The first-order valence-corrected chi connectivity index (χ1v) is 11.3. The molecule has 0 spiro atoms. The van der Waals surface area contributed by atoms with Crippen molar-refractivity contribution >= 4 is 5.91 Å². The number of hydrogen-bond acceptors (Lipinski definition) is 6. The summed E-state index contributed by atoms with van der Waals surface area (Å²) in [6.07, 6.45) is 3.51. The van der Waals surface area contributed by atoms with E-state index >= 15 is 0 Å². The van der Waals surface area contributed by atoms with E-state index in [0.29, 0.717) is 25.3 Å². The van der Waals surface area contributed by atoms with Gasteiger partial charge in [0.2, 0.25) is 5.91 Å². The summed E-state index contributed by atoms with van der Waals surface area (Å²) in [7, 11) is 3.31. The maximum atomic E-state index is 12.3. The fourth-order valence-corrected chi connectivity index (χ4v) is 4.07. The van der Waals surface area contributed by atoms with E-state index in [2.05, 4.69) is 27.3 Å². The lowest BCUT2D eigenvalue weighted by Gasteiger charge is -2.29. The van der Waals surface area contributed by atoms with Gasteiger partial charge in [0.1, 0.15) is 0 Å². The van der Waals surface area contributed by atoms with Crippen LogP contribution in [0.2, 0.25) is 0 Å². The minimum atomic E-state index is 0.00824. The number of ether oxygens (including phenoxy) is 2. The number of fused-ring (bicyclic) bond motifs is 1. The zero-order valence-electron chi connectivity index (χ0n) is 19.5. The highest BCUT2D eigenvalue weighted by Gasteiger charge is 2.19. The molecule has 33 heavy (non-hydrogen) atoms. The molecular weight excluding hydrogens is 418 g/mol. The molecule has 0 fully saturated rings. The van der Waals surface area contributed by atoms with Crippen LogP contribution in [0, 0.1) is 6.92 Å². The summed E-state index contributed by atoms with van der Waals surface area (Å²) in [4.78, 5) is 19.0. The molecule has 1 aliphatic rings. The predicted molar refractivity (Wildman–Crippen MR) is 127 cm³/mol. The molecule has 0 bridgehead atoms. The van der Waals surface area contributed by atoms with E-state index in [-0.39, 0.29) is 5.91 Å². The molecule has 0 saturated carbocycles. The van der Waals surface area contributed by atoms with Crippen molar-refractivity contribution in [3.8, 4) is 22.8 Å². The smallest absolute Gasteiger partial charge is 0.220 e. The number of aryl methyl sites for hydroxylation is 2. The van der Waals surface area contributed by atoms with Gasteiger partial charge in [-0.3, -0.25) is 9.69 Å². The Kier molecular flexibility index (Phi) is 7.29. The van der Waals surface area contributed by atoms with Gasteiger partial charge in [-0.25, -0.2) is 4.98 Å². The third-order valence-corrected chi connectivity index (χ3v) is 6.00. The van der Waals surface area contributed by atoms with Gasteiger partial charge in [0, 0.05) is 44.6 Å². The number of nitrogens with zero attached hydrogens (tertiary/aromatic N) is 2. The Bertz CT molecular complexity index is 1090. The summed E-state index contributed by atoms with van der Waals surface area (Å²) in [6, 6.07) is 12.2. The second-order valence-electron chi connectivity index (χ2n) is 8.34. The molecule has 7 heteroatoms. The van der Waals surface area contributed by atoms with E-state index in [1.54, 1.807) is 20.4 Å². The van der Waals surface area contributed by atoms with Crippen molar-refractivity contribution in [2.75, 3.05) is 33.9 Å². The quantitative estimate of drug-likeness (QED) is 0.536. The van der Waals surface area contributed by atoms with Crippen LogP contribution in [0.3, 0.4) is 0 Å². The highest BCUT2D eigenvalue weighted by Crippen LogP contribution is 2.33. The molecule has 0 saturated heterocycles. The van der Waals surface area contributed by atoms with Gasteiger partial charge >= 0.3 is 0 Å². The topological polar surface area (TPSA) is 76.8 Å². The summed E-state index contributed by atoms with van der Waals surface area (Å²) < 4.78 is 16.6. The number of hydrogen-bond donors (Lipinski definition) is 1. The van der Waals surface area contributed by atoms with Crippen molar-refractivity contribution in [3.05, 3.63) is 65.2 Å². The number of aromatic nitrogens is 1. The molecule has 2 aromatic carbocycles. The highest BCUT2D eigenvalue weighted by atomic mass is 16.5. The second kappa shape index (κ2) is 10.5. The molecule has 1 aromatic heterocycles. The lowest BCUT2D eigenvalue weighted by atomic mass is 9.99. The van der Waals surface area contributed by atoms with E-state index in [9.17, 15) is 4.79 Å². The molecule has 1 amide bonds. The zero-order chi connectivity index (χ0) is 23.2. The molecule has 174 valence electrons. The zero-order valence-corrected chi connectivity index (χ0v) is 19.5. The number of oxazole rings is 1. The van der Waals surface area contributed by atoms with Crippen LogP contribution in [-0.2, 0) is 24.2 Å². The fourth-order valence-electron chi connectivity index (χ4n) is 4.07. The van der Waals surface area contributed by atoms with Crippen molar-refractivity contribution in [2.45, 2.75) is 32.7 Å². The Labute approximate surface area is 194 Å². The predicted octanol–water partition coefficient (Wildman–Crippen LogP) is 3.77.